The van der Waals surface area contributed by atoms with E-state index in [1.165, 1.54) is 12.1 Å². The summed E-state index contributed by atoms with van der Waals surface area (Å²) in [7, 11) is 0. The third-order valence-electron chi connectivity index (χ3n) is 1.91. The molecule has 0 radical (unpaired) electrons. The van der Waals surface area contributed by atoms with Gasteiger partial charge in [-0.2, -0.15) is 0 Å². The second-order valence-electron chi connectivity index (χ2n) is 3.38. The maximum absolute atomic E-state index is 13.2. The van der Waals surface area contributed by atoms with Gasteiger partial charge in [0.15, 0.2) is 0 Å². The van der Waals surface area contributed by atoms with Gasteiger partial charge in [0.05, 0.1) is 0 Å². The predicted octanol–water partition coefficient (Wildman–Crippen LogP) is 3.22. The van der Waals surface area contributed by atoms with Crippen LogP contribution in [0.5, 0.6) is 5.75 Å². The van der Waals surface area contributed by atoms with E-state index in [2.05, 4.69) is 27.8 Å². The van der Waals surface area contributed by atoms with Crippen LogP contribution < -0.4 is 10.1 Å². The maximum Gasteiger partial charge on any atom is 0.127 e. The molecule has 88 valence electrons. The first-order chi connectivity index (χ1) is 7.61. The second-order valence-corrected chi connectivity index (χ2v) is 4.50. The lowest BCUT2D eigenvalue weighted by Crippen LogP contribution is -2.12. The Kier molecular flexibility index (Phi) is 5.49. The molecule has 2 nitrogen and oxygen atoms in total. The van der Waals surface area contributed by atoms with Crippen LogP contribution in [0.2, 0.25) is 0 Å². The van der Waals surface area contributed by atoms with Crippen molar-refractivity contribution in [3.05, 3.63) is 40.6 Å². The van der Waals surface area contributed by atoms with Crippen LogP contribution in [-0.4, -0.2) is 13.2 Å². The number of ether oxygens (including phenoxy) is 1. The molecule has 0 saturated heterocycles. The fourth-order valence-electron chi connectivity index (χ4n) is 1.24. The van der Waals surface area contributed by atoms with Crippen LogP contribution in [0.4, 0.5) is 4.39 Å². The highest BCUT2D eigenvalue weighted by Gasteiger charge is 2.02. The summed E-state index contributed by atoms with van der Waals surface area (Å²) in [5, 5.41) is 3.13. The molecule has 1 aromatic carbocycles. The van der Waals surface area contributed by atoms with Gasteiger partial charge in [-0.1, -0.05) is 29.4 Å². The van der Waals surface area contributed by atoms with Crippen molar-refractivity contribution in [2.24, 2.45) is 0 Å². The first-order valence-electron chi connectivity index (χ1n) is 5.08. The fraction of sp³-hybridized carbons (Fsp3) is 0.333. The van der Waals surface area contributed by atoms with E-state index in [9.17, 15) is 4.39 Å². The van der Waals surface area contributed by atoms with E-state index < -0.39 is 0 Å². The first-order valence-corrected chi connectivity index (χ1v) is 5.87. The van der Waals surface area contributed by atoms with Gasteiger partial charge in [0.25, 0.3) is 0 Å². The van der Waals surface area contributed by atoms with Crippen LogP contribution >= 0.6 is 15.9 Å². The van der Waals surface area contributed by atoms with Crippen LogP contribution in [0.3, 0.4) is 0 Å². The maximum atomic E-state index is 13.2. The molecule has 4 heteroatoms. The first kappa shape index (κ1) is 13.2. The minimum atomic E-state index is -0.286. The average molecular weight is 288 g/mol. The van der Waals surface area contributed by atoms with Crippen LogP contribution in [0.1, 0.15) is 12.5 Å². The van der Waals surface area contributed by atoms with Crippen LogP contribution in [0, 0.1) is 5.82 Å². The van der Waals surface area contributed by atoms with E-state index in [1.807, 2.05) is 13.0 Å². The van der Waals surface area contributed by atoms with E-state index in [0.29, 0.717) is 18.9 Å². The number of halogens is 2. The SMILES string of the molecule is C=C(Br)COc1cc(F)cc(CNCC)c1. The number of hydrogen-bond donors (Lipinski definition) is 1. The van der Waals surface area contributed by atoms with Gasteiger partial charge in [-0.15, -0.1) is 0 Å². The summed E-state index contributed by atoms with van der Waals surface area (Å²) in [6, 6.07) is 4.69. The summed E-state index contributed by atoms with van der Waals surface area (Å²) >= 11 is 3.19. The zero-order chi connectivity index (χ0) is 12.0. The zero-order valence-electron chi connectivity index (χ0n) is 9.22. The van der Waals surface area contributed by atoms with Gasteiger partial charge in [0, 0.05) is 17.1 Å². The molecule has 0 aliphatic rings. The summed E-state index contributed by atoms with van der Waals surface area (Å²) in [6.45, 7) is 7.48. The molecule has 0 saturated carbocycles. The molecule has 0 heterocycles. The molecule has 0 spiro atoms. The minimum Gasteiger partial charge on any atom is -0.488 e. The highest BCUT2D eigenvalue weighted by Crippen LogP contribution is 2.17. The summed E-state index contributed by atoms with van der Waals surface area (Å²) in [5.41, 5.74) is 0.872. The normalized spacial score (nSPS) is 10.2. The summed E-state index contributed by atoms with van der Waals surface area (Å²) in [6.07, 6.45) is 0. The predicted molar refractivity (Wildman–Crippen MR) is 67.3 cm³/mol. The van der Waals surface area contributed by atoms with Gasteiger partial charge in [-0.25, -0.2) is 4.39 Å². The van der Waals surface area contributed by atoms with Gasteiger partial charge in [-0.05, 0) is 24.2 Å². The van der Waals surface area contributed by atoms with Crippen LogP contribution in [0.15, 0.2) is 29.3 Å². The number of nitrogens with one attached hydrogen (secondary N) is 1. The van der Waals surface area contributed by atoms with E-state index in [0.717, 1.165) is 16.6 Å². The number of rotatable bonds is 6. The van der Waals surface area contributed by atoms with Crippen molar-refractivity contribution < 1.29 is 9.13 Å². The zero-order valence-corrected chi connectivity index (χ0v) is 10.8. The molecule has 1 aromatic rings. The molecule has 0 aliphatic heterocycles. The molecule has 0 bridgehead atoms. The Morgan fingerprint density at radius 3 is 2.88 bits per heavy atom. The van der Waals surface area contributed by atoms with Gasteiger partial charge < -0.3 is 10.1 Å². The van der Waals surface area contributed by atoms with E-state index >= 15 is 0 Å². The molecule has 0 fully saturated rings. The van der Waals surface area contributed by atoms with Gasteiger partial charge in [-0.3, -0.25) is 0 Å². The molecule has 1 rings (SSSR count). The second kappa shape index (κ2) is 6.66. The molecule has 1 N–H and O–H groups in total. The Morgan fingerprint density at radius 2 is 2.25 bits per heavy atom. The summed E-state index contributed by atoms with van der Waals surface area (Å²) < 4.78 is 19.3. The highest BCUT2D eigenvalue weighted by atomic mass is 79.9. The molecule has 0 amide bonds. The quantitative estimate of drug-likeness (QED) is 0.867. The Hall–Kier alpha value is -0.870. The largest absolute Gasteiger partial charge is 0.488 e. The number of hydrogen-bond acceptors (Lipinski definition) is 2. The van der Waals surface area contributed by atoms with Crippen molar-refractivity contribution in [2.75, 3.05) is 13.2 Å². The van der Waals surface area contributed by atoms with E-state index in [1.54, 1.807) is 0 Å². The molecular weight excluding hydrogens is 273 g/mol. The van der Waals surface area contributed by atoms with Gasteiger partial charge >= 0.3 is 0 Å². The van der Waals surface area contributed by atoms with Crippen molar-refractivity contribution in [2.45, 2.75) is 13.5 Å². The highest BCUT2D eigenvalue weighted by molar-refractivity contribution is 9.11. The molecule has 0 aromatic heterocycles. The molecule has 16 heavy (non-hydrogen) atoms. The average Bonchev–Trinajstić information content (AvgIpc) is 2.23. The third-order valence-corrected chi connectivity index (χ3v) is 2.13. The lowest BCUT2D eigenvalue weighted by atomic mass is 10.2. The lowest BCUT2D eigenvalue weighted by molar-refractivity contribution is 0.358. The molecule has 0 aliphatic carbocycles. The fourth-order valence-corrected chi connectivity index (χ4v) is 1.35. The topological polar surface area (TPSA) is 21.3 Å². The number of benzene rings is 1. The van der Waals surface area contributed by atoms with Crippen molar-refractivity contribution in [3.63, 3.8) is 0 Å². The van der Waals surface area contributed by atoms with Crippen molar-refractivity contribution in [1.29, 1.82) is 0 Å². The van der Waals surface area contributed by atoms with Crippen molar-refractivity contribution in [3.8, 4) is 5.75 Å². The summed E-state index contributed by atoms with van der Waals surface area (Å²) in [5.74, 6) is 0.235. The molecule has 0 unspecified atom stereocenters. The smallest absolute Gasteiger partial charge is 0.127 e. The van der Waals surface area contributed by atoms with E-state index in [-0.39, 0.29) is 5.82 Å². The Labute approximate surface area is 104 Å². The standard InChI is InChI=1S/C12H15BrFNO/c1-3-15-7-10-4-11(14)6-12(5-10)16-8-9(2)13/h4-6,15H,2-3,7-8H2,1H3. The van der Waals surface area contributed by atoms with Crippen LogP contribution in [-0.2, 0) is 6.54 Å². The molecule has 0 atom stereocenters. The van der Waals surface area contributed by atoms with Crippen LogP contribution in [0.25, 0.3) is 0 Å². The summed E-state index contributed by atoms with van der Waals surface area (Å²) in [4.78, 5) is 0. The van der Waals surface area contributed by atoms with Gasteiger partial charge in [0.2, 0.25) is 0 Å². The molecular formula is C12H15BrFNO. The Bertz CT molecular complexity index is 368. The monoisotopic (exact) mass is 287 g/mol. The Morgan fingerprint density at radius 1 is 1.50 bits per heavy atom. The van der Waals surface area contributed by atoms with Crippen molar-refractivity contribution >= 4 is 15.9 Å². The van der Waals surface area contributed by atoms with Crippen molar-refractivity contribution in [1.82, 2.24) is 5.32 Å². The van der Waals surface area contributed by atoms with Gasteiger partial charge in [0.1, 0.15) is 18.2 Å². The van der Waals surface area contributed by atoms with E-state index in [4.69, 9.17) is 4.74 Å². The Balaban J connectivity index is 2.69. The third kappa shape index (κ3) is 4.77. The minimum absolute atomic E-state index is 0.286. The lowest BCUT2D eigenvalue weighted by Gasteiger charge is -2.08.